The molecule has 1 N–H and O–H groups in total. The summed E-state index contributed by atoms with van der Waals surface area (Å²) in [7, 11) is 5.60. The molecule has 0 aliphatic carbocycles. The van der Waals surface area contributed by atoms with E-state index in [2.05, 4.69) is 15.5 Å². The molecular formula is C21H25IN6O3. The molecule has 2 aliphatic rings. The highest BCUT2D eigenvalue weighted by molar-refractivity contribution is 5.74. The number of aryl methyl sites for hydroxylation is 1. The predicted molar refractivity (Wildman–Crippen MR) is 117 cm³/mol. The maximum absolute atomic E-state index is 9.81. The summed E-state index contributed by atoms with van der Waals surface area (Å²) in [6, 6.07) is 5.66. The number of rotatable bonds is 3. The van der Waals surface area contributed by atoms with Crippen molar-refractivity contribution in [2.24, 2.45) is 22.6 Å². The number of oxime groups is 1. The van der Waals surface area contributed by atoms with Crippen molar-refractivity contribution < 1.29 is 33.8 Å². The van der Waals surface area contributed by atoms with Crippen molar-refractivity contribution >= 4 is 6.21 Å². The van der Waals surface area contributed by atoms with Crippen LogP contribution in [0.15, 0.2) is 113 Å². The van der Waals surface area contributed by atoms with E-state index in [4.69, 9.17) is 5.21 Å². The van der Waals surface area contributed by atoms with E-state index in [1.54, 1.807) is 0 Å². The Bertz CT molecular complexity index is 871. The molecule has 1 aromatic heterocycles. The van der Waals surface area contributed by atoms with Crippen molar-refractivity contribution in [2.45, 2.75) is 0 Å². The Morgan fingerprint density at radius 3 is 1.81 bits per heavy atom. The van der Waals surface area contributed by atoms with Crippen molar-refractivity contribution in [3.05, 3.63) is 113 Å². The number of pyridine rings is 1. The van der Waals surface area contributed by atoms with Crippen LogP contribution in [0.4, 0.5) is 0 Å². The van der Waals surface area contributed by atoms with Crippen LogP contribution in [0.2, 0.25) is 0 Å². The maximum atomic E-state index is 9.81. The second kappa shape index (κ2) is 16.4. The molecule has 164 valence electrons. The fourth-order valence-electron chi connectivity index (χ4n) is 2.18. The largest absolute Gasteiger partial charge is 1.00 e. The summed E-state index contributed by atoms with van der Waals surface area (Å²) < 4.78 is 1.86. The highest BCUT2D eigenvalue weighted by atomic mass is 127. The average Bonchev–Trinajstić information content (AvgIpc) is 2.75. The lowest BCUT2D eigenvalue weighted by molar-refractivity contribution is -0.672. The average molecular weight is 536 g/mol. The quantitative estimate of drug-likeness (QED) is 0.152. The summed E-state index contributed by atoms with van der Waals surface area (Å²) >= 11 is 0. The van der Waals surface area contributed by atoms with E-state index in [1.165, 1.54) is 18.6 Å². The van der Waals surface area contributed by atoms with Crippen LogP contribution in [0.3, 0.4) is 0 Å². The Hall–Kier alpha value is -3.41. The van der Waals surface area contributed by atoms with Gasteiger partial charge in [-0.1, -0.05) is 17.3 Å². The fraction of sp³-hybridized carbons (Fsp3) is 0.143. The molecule has 9 nitrogen and oxygen atoms in total. The number of hydrogen-bond acceptors (Lipinski definition) is 8. The van der Waals surface area contributed by atoms with Gasteiger partial charge in [0.15, 0.2) is 6.20 Å². The zero-order valence-electron chi connectivity index (χ0n) is 17.5. The Labute approximate surface area is 198 Å². The summed E-state index contributed by atoms with van der Waals surface area (Å²) in [5.41, 5.74) is 2.47. The third-order valence-corrected chi connectivity index (χ3v) is 3.85. The van der Waals surface area contributed by atoms with Crippen LogP contribution in [0.1, 0.15) is 5.69 Å². The van der Waals surface area contributed by atoms with E-state index in [0.29, 0.717) is 0 Å². The SMILES string of the molecule is CN1C=CC=CC1=CN=O.CN1C=CC=CC1=CN=O.C[n+]1ccccc1C=NO.[I-]. The molecular weight excluding hydrogens is 511 g/mol. The Kier molecular flexibility index (Phi) is 14.6. The Balaban J connectivity index is 0.000000429. The fourth-order valence-corrected chi connectivity index (χ4v) is 2.18. The number of likely N-dealkylation sites (N-methyl/N-ethyl adjacent to an activating group) is 2. The van der Waals surface area contributed by atoms with Crippen LogP contribution < -0.4 is 28.5 Å². The van der Waals surface area contributed by atoms with E-state index in [0.717, 1.165) is 17.1 Å². The molecule has 3 heterocycles. The molecule has 0 amide bonds. The Morgan fingerprint density at radius 1 is 0.903 bits per heavy atom. The van der Waals surface area contributed by atoms with Gasteiger partial charge in [-0.2, -0.15) is 0 Å². The van der Waals surface area contributed by atoms with Gasteiger partial charge in [0.1, 0.15) is 13.3 Å². The molecule has 31 heavy (non-hydrogen) atoms. The van der Waals surface area contributed by atoms with E-state index in [1.807, 2.05) is 109 Å². The lowest BCUT2D eigenvalue weighted by atomic mass is 10.3. The molecule has 0 unspecified atom stereocenters. The first-order valence-corrected chi connectivity index (χ1v) is 8.86. The van der Waals surface area contributed by atoms with Crippen molar-refractivity contribution in [1.82, 2.24) is 9.80 Å². The highest BCUT2D eigenvalue weighted by Gasteiger charge is 1.99. The molecule has 0 radical (unpaired) electrons. The molecule has 3 rings (SSSR count). The van der Waals surface area contributed by atoms with Gasteiger partial charge in [-0.25, -0.2) is 4.57 Å². The summed E-state index contributed by atoms with van der Waals surface area (Å²) in [5.74, 6) is 0. The molecule has 0 fully saturated rings. The summed E-state index contributed by atoms with van der Waals surface area (Å²) in [6.07, 6.45) is 20.7. The zero-order valence-corrected chi connectivity index (χ0v) is 19.6. The van der Waals surface area contributed by atoms with Crippen LogP contribution in [0.5, 0.6) is 0 Å². The summed E-state index contributed by atoms with van der Waals surface area (Å²) in [6.45, 7) is 0. The first-order chi connectivity index (χ1) is 14.5. The van der Waals surface area contributed by atoms with Crippen molar-refractivity contribution in [3.63, 3.8) is 0 Å². The number of aromatic nitrogens is 1. The van der Waals surface area contributed by atoms with Crippen molar-refractivity contribution in [1.29, 1.82) is 0 Å². The molecule has 2 aliphatic heterocycles. The van der Waals surface area contributed by atoms with Crippen LogP contribution in [0, 0.1) is 9.81 Å². The van der Waals surface area contributed by atoms with Gasteiger partial charge >= 0.3 is 0 Å². The molecule has 0 bridgehead atoms. The monoisotopic (exact) mass is 536 g/mol. The van der Waals surface area contributed by atoms with Gasteiger partial charge in [0, 0.05) is 38.6 Å². The maximum Gasteiger partial charge on any atom is 0.226 e. The number of hydrogen-bond donors (Lipinski definition) is 1. The topological polar surface area (TPSA) is 102 Å². The minimum atomic E-state index is 0. The normalized spacial score (nSPS) is 16.4. The van der Waals surface area contributed by atoms with Gasteiger partial charge in [-0.3, -0.25) is 0 Å². The second-order valence-electron chi connectivity index (χ2n) is 5.92. The van der Waals surface area contributed by atoms with Crippen LogP contribution in [-0.4, -0.2) is 35.3 Å². The van der Waals surface area contributed by atoms with Gasteiger partial charge in [-0.15, -0.1) is 9.81 Å². The number of allylic oxidation sites excluding steroid dienone is 6. The van der Waals surface area contributed by atoms with Gasteiger partial charge in [0.25, 0.3) is 0 Å². The highest BCUT2D eigenvalue weighted by Crippen LogP contribution is 2.09. The van der Waals surface area contributed by atoms with Gasteiger partial charge < -0.3 is 39.0 Å². The molecule has 10 heteroatoms. The molecule has 0 saturated carbocycles. The molecule has 0 saturated heterocycles. The van der Waals surface area contributed by atoms with Crippen LogP contribution in [-0.2, 0) is 7.05 Å². The summed E-state index contributed by atoms with van der Waals surface area (Å²) in [5, 5.41) is 16.5. The van der Waals surface area contributed by atoms with E-state index < -0.39 is 0 Å². The first-order valence-electron chi connectivity index (χ1n) is 8.86. The van der Waals surface area contributed by atoms with Crippen LogP contribution >= 0.6 is 0 Å². The second-order valence-corrected chi connectivity index (χ2v) is 5.92. The van der Waals surface area contributed by atoms with Gasteiger partial charge in [0.05, 0.1) is 23.8 Å². The summed E-state index contributed by atoms with van der Waals surface area (Å²) in [4.78, 5) is 23.3. The standard InChI is InChI=1S/3C7H8N2O.HI/c3*1-9-5-3-2-4-7(9)6-8-10;/h3*2-6H,1H3;1H. The predicted octanol–water partition coefficient (Wildman–Crippen LogP) is 0.542. The number of nitrogens with zero attached hydrogens (tertiary/aromatic N) is 6. The molecule has 0 atom stereocenters. The van der Waals surface area contributed by atoms with Crippen LogP contribution in [0.25, 0.3) is 0 Å². The molecule has 0 spiro atoms. The number of nitroso groups, excluding NO2 is 2. The van der Waals surface area contributed by atoms with Crippen molar-refractivity contribution in [3.8, 4) is 0 Å². The number of halogens is 1. The third kappa shape index (κ3) is 10.8. The lowest BCUT2D eigenvalue weighted by Crippen LogP contribution is -3.00. The zero-order chi connectivity index (χ0) is 22.2. The third-order valence-electron chi connectivity index (χ3n) is 3.85. The smallest absolute Gasteiger partial charge is 0.226 e. The van der Waals surface area contributed by atoms with Gasteiger partial charge in [-0.05, 0) is 40.7 Å². The minimum Gasteiger partial charge on any atom is -1.00 e. The first kappa shape index (κ1) is 27.6. The molecule has 1 aromatic rings. The van der Waals surface area contributed by atoms with Gasteiger partial charge in [0.2, 0.25) is 5.69 Å². The van der Waals surface area contributed by atoms with E-state index >= 15 is 0 Å². The molecule has 0 aromatic carbocycles. The lowest BCUT2D eigenvalue weighted by Gasteiger charge is -2.15. The van der Waals surface area contributed by atoms with E-state index in [-0.39, 0.29) is 24.0 Å². The Morgan fingerprint density at radius 2 is 1.42 bits per heavy atom. The minimum absolute atomic E-state index is 0. The van der Waals surface area contributed by atoms with E-state index in [9.17, 15) is 9.81 Å². The van der Waals surface area contributed by atoms with Crippen molar-refractivity contribution in [2.75, 3.05) is 14.1 Å².